The van der Waals surface area contributed by atoms with Gasteiger partial charge in [-0.2, -0.15) is 0 Å². The van der Waals surface area contributed by atoms with E-state index < -0.39 is 5.82 Å². The van der Waals surface area contributed by atoms with Crippen LogP contribution in [0, 0.1) is 18.7 Å². The number of benzene rings is 1. The van der Waals surface area contributed by atoms with Crippen molar-refractivity contribution in [3.8, 4) is 11.3 Å². The van der Waals surface area contributed by atoms with E-state index in [2.05, 4.69) is 9.88 Å². The summed E-state index contributed by atoms with van der Waals surface area (Å²) in [6, 6.07) is 6.25. The molecule has 2 aromatic heterocycles. The van der Waals surface area contributed by atoms with Gasteiger partial charge >= 0.3 is 0 Å². The number of nitrogens with zero attached hydrogens (tertiary/aromatic N) is 4. The molecule has 1 atom stereocenters. The second-order valence-electron chi connectivity index (χ2n) is 8.42. The Labute approximate surface area is 184 Å². The molecule has 3 heterocycles. The molecular formula is C23H24ClFN4O2. The quantitative estimate of drug-likeness (QED) is 0.611. The fourth-order valence-corrected chi connectivity index (χ4v) is 4.56. The summed E-state index contributed by atoms with van der Waals surface area (Å²) in [5, 5.41) is 0.599. The summed E-state index contributed by atoms with van der Waals surface area (Å²) in [6.45, 7) is 3.82. The molecule has 0 amide bonds. The Bertz CT molecular complexity index is 1220. The first-order chi connectivity index (χ1) is 14.9. The molecule has 0 radical (unpaired) electrons. The molecule has 5 rings (SSSR count). The van der Waals surface area contributed by atoms with Crippen LogP contribution in [0.3, 0.4) is 0 Å². The average molecular weight is 443 g/mol. The zero-order valence-electron chi connectivity index (χ0n) is 17.6. The van der Waals surface area contributed by atoms with E-state index in [0.717, 1.165) is 6.54 Å². The highest BCUT2D eigenvalue weighted by Gasteiger charge is 2.33. The van der Waals surface area contributed by atoms with Gasteiger partial charge in [-0.1, -0.05) is 18.0 Å². The first-order valence-electron chi connectivity index (χ1n) is 10.6. The van der Waals surface area contributed by atoms with Gasteiger partial charge in [0.25, 0.3) is 5.56 Å². The van der Waals surface area contributed by atoms with E-state index >= 15 is 0 Å². The van der Waals surface area contributed by atoms with Crippen LogP contribution in [0.15, 0.2) is 29.1 Å². The van der Waals surface area contributed by atoms with E-state index in [-0.39, 0.29) is 17.2 Å². The number of pyridine rings is 1. The van der Waals surface area contributed by atoms with Crippen molar-refractivity contribution >= 4 is 28.3 Å². The first-order valence-corrected chi connectivity index (χ1v) is 11.0. The fraction of sp³-hybridized carbons (Fsp3) is 0.435. The molecule has 2 fully saturated rings. The van der Waals surface area contributed by atoms with Gasteiger partial charge < -0.3 is 9.64 Å². The molecule has 0 N–H and O–H groups in total. The number of rotatable bonds is 3. The number of halogens is 2. The van der Waals surface area contributed by atoms with E-state index in [0.29, 0.717) is 52.3 Å². The van der Waals surface area contributed by atoms with E-state index in [1.165, 1.54) is 29.9 Å². The van der Waals surface area contributed by atoms with Crippen molar-refractivity contribution in [3.05, 3.63) is 51.3 Å². The van der Waals surface area contributed by atoms with Gasteiger partial charge in [-0.05, 0) is 43.9 Å². The van der Waals surface area contributed by atoms with Crippen LogP contribution in [-0.4, -0.2) is 40.3 Å². The van der Waals surface area contributed by atoms with Gasteiger partial charge in [0, 0.05) is 36.8 Å². The highest BCUT2D eigenvalue weighted by atomic mass is 35.5. The van der Waals surface area contributed by atoms with Crippen molar-refractivity contribution in [1.29, 1.82) is 0 Å². The minimum atomic E-state index is -0.518. The van der Waals surface area contributed by atoms with Crippen LogP contribution in [0.1, 0.15) is 25.1 Å². The SMILES string of the molecule is Cc1nc2cc(N3CCOC(C4CCC4)C3)nc(-c3ccc(Cl)cc3F)c2c(=O)n1C. The number of aryl methyl sites for hydroxylation is 1. The van der Waals surface area contributed by atoms with Gasteiger partial charge in [0.1, 0.15) is 17.5 Å². The largest absolute Gasteiger partial charge is 0.374 e. The number of hydrogen-bond donors (Lipinski definition) is 0. The maximum Gasteiger partial charge on any atom is 0.263 e. The highest BCUT2D eigenvalue weighted by molar-refractivity contribution is 6.30. The average Bonchev–Trinajstić information content (AvgIpc) is 2.70. The summed E-state index contributed by atoms with van der Waals surface area (Å²) in [5.74, 6) is 1.34. The molecule has 1 aromatic carbocycles. The van der Waals surface area contributed by atoms with E-state index in [9.17, 15) is 9.18 Å². The third-order valence-corrected chi connectivity index (χ3v) is 6.79. The highest BCUT2D eigenvalue weighted by Crippen LogP contribution is 2.35. The second-order valence-corrected chi connectivity index (χ2v) is 8.85. The molecule has 3 aromatic rings. The number of ether oxygens (including phenoxy) is 1. The zero-order chi connectivity index (χ0) is 21.7. The number of hydrogen-bond acceptors (Lipinski definition) is 5. The Morgan fingerprint density at radius 3 is 2.74 bits per heavy atom. The van der Waals surface area contributed by atoms with Crippen LogP contribution in [0.25, 0.3) is 22.2 Å². The molecule has 31 heavy (non-hydrogen) atoms. The second kappa shape index (κ2) is 7.88. The van der Waals surface area contributed by atoms with Crippen LogP contribution in [-0.2, 0) is 11.8 Å². The number of aromatic nitrogens is 3. The lowest BCUT2D eigenvalue weighted by molar-refractivity contribution is -0.0225. The Balaban J connectivity index is 1.68. The smallest absolute Gasteiger partial charge is 0.263 e. The van der Waals surface area contributed by atoms with Crippen LogP contribution >= 0.6 is 11.6 Å². The Hall–Kier alpha value is -2.51. The maximum absolute atomic E-state index is 14.9. The molecule has 6 nitrogen and oxygen atoms in total. The number of anilines is 1. The summed E-state index contributed by atoms with van der Waals surface area (Å²) < 4.78 is 22.4. The van der Waals surface area contributed by atoms with E-state index in [4.69, 9.17) is 21.3 Å². The van der Waals surface area contributed by atoms with Crippen LogP contribution < -0.4 is 10.5 Å². The van der Waals surface area contributed by atoms with Crippen molar-refractivity contribution in [2.75, 3.05) is 24.6 Å². The van der Waals surface area contributed by atoms with Crippen molar-refractivity contribution in [3.63, 3.8) is 0 Å². The lowest BCUT2D eigenvalue weighted by Crippen LogP contribution is -2.47. The minimum absolute atomic E-state index is 0.175. The molecular weight excluding hydrogens is 419 g/mol. The summed E-state index contributed by atoms with van der Waals surface area (Å²) in [7, 11) is 1.66. The molecule has 2 aliphatic rings. The van der Waals surface area contributed by atoms with Gasteiger partial charge in [-0.3, -0.25) is 9.36 Å². The van der Waals surface area contributed by atoms with Crippen LogP contribution in [0.5, 0.6) is 0 Å². The first kappa shape index (κ1) is 20.4. The normalized spacial score (nSPS) is 19.6. The van der Waals surface area contributed by atoms with Crippen LogP contribution in [0.4, 0.5) is 10.2 Å². The van der Waals surface area contributed by atoms with Crippen molar-refractivity contribution in [2.45, 2.75) is 32.3 Å². The van der Waals surface area contributed by atoms with Gasteiger partial charge in [0.2, 0.25) is 0 Å². The van der Waals surface area contributed by atoms with Crippen molar-refractivity contribution in [2.24, 2.45) is 13.0 Å². The lowest BCUT2D eigenvalue weighted by atomic mass is 9.80. The number of morpholine rings is 1. The third-order valence-electron chi connectivity index (χ3n) is 6.55. The molecule has 0 spiro atoms. The maximum atomic E-state index is 14.9. The Morgan fingerprint density at radius 1 is 1.23 bits per heavy atom. The van der Waals surface area contributed by atoms with E-state index in [1.54, 1.807) is 26.1 Å². The van der Waals surface area contributed by atoms with Crippen LogP contribution in [0.2, 0.25) is 5.02 Å². The predicted octanol–water partition coefficient (Wildman–Crippen LogP) is 4.10. The molecule has 1 unspecified atom stereocenters. The fourth-order valence-electron chi connectivity index (χ4n) is 4.40. The van der Waals surface area contributed by atoms with Gasteiger partial charge in [0.05, 0.1) is 29.3 Å². The van der Waals surface area contributed by atoms with Crippen molar-refractivity contribution in [1.82, 2.24) is 14.5 Å². The van der Waals surface area contributed by atoms with Gasteiger partial charge in [0.15, 0.2) is 0 Å². The predicted molar refractivity (Wildman–Crippen MR) is 119 cm³/mol. The van der Waals surface area contributed by atoms with Gasteiger partial charge in [-0.15, -0.1) is 0 Å². The molecule has 1 saturated heterocycles. The third kappa shape index (κ3) is 3.59. The monoisotopic (exact) mass is 442 g/mol. The summed E-state index contributed by atoms with van der Waals surface area (Å²) in [6.07, 6.45) is 3.82. The molecule has 1 aliphatic heterocycles. The lowest BCUT2D eigenvalue weighted by Gasteiger charge is -2.41. The molecule has 162 valence electrons. The number of fused-ring (bicyclic) bond motifs is 1. The summed E-state index contributed by atoms with van der Waals surface area (Å²) in [4.78, 5) is 24.7. The Kier molecular flexibility index (Phi) is 5.18. The molecule has 1 aliphatic carbocycles. The summed E-state index contributed by atoms with van der Waals surface area (Å²) in [5.41, 5.74) is 0.797. The van der Waals surface area contributed by atoms with Crippen molar-refractivity contribution < 1.29 is 9.13 Å². The van der Waals surface area contributed by atoms with Gasteiger partial charge in [-0.25, -0.2) is 14.4 Å². The minimum Gasteiger partial charge on any atom is -0.374 e. The topological polar surface area (TPSA) is 60.2 Å². The summed E-state index contributed by atoms with van der Waals surface area (Å²) >= 11 is 5.96. The molecule has 1 saturated carbocycles. The van der Waals surface area contributed by atoms with E-state index in [1.807, 2.05) is 6.07 Å². The standard InChI is InChI=1S/C23H24ClFN4O2/c1-13-26-18-11-20(29-8-9-31-19(12-29)14-4-3-5-14)27-22(21(18)23(30)28(13)2)16-7-6-15(24)10-17(16)25/h6-7,10-11,14,19H,3-5,8-9,12H2,1-2H3. The zero-order valence-corrected chi connectivity index (χ0v) is 18.3. The molecule has 8 heteroatoms. The molecule has 0 bridgehead atoms. The Morgan fingerprint density at radius 2 is 2.03 bits per heavy atom.